The molecule has 4 aromatic rings. The van der Waals surface area contributed by atoms with Gasteiger partial charge in [-0.3, -0.25) is 9.69 Å². The normalized spacial score (nSPS) is 11.1. The molecule has 0 N–H and O–H groups in total. The number of rotatable bonds is 5. The lowest BCUT2D eigenvalue weighted by Gasteiger charge is -2.20. The van der Waals surface area contributed by atoms with Gasteiger partial charge < -0.3 is 0 Å². The van der Waals surface area contributed by atoms with Gasteiger partial charge >= 0.3 is 0 Å². The quantitative estimate of drug-likeness (QED) is 0.384. The van der Waals surface area contributed by atoms with E-state index in [-0.39, 0.29) is 5.91 Å². The highest BCUT2D eigenvalue weighted by atomic mass is 32.1. The zero-order chi connectivity index (χ0) is 21.3. The highest BCUT2D eigenvalue weighted by Crippen LogP contribution is 2.33. The van der Waals surface area contributed by atoms with Gasteiger partial charge in [0.2, 0.25) is 5.91 Å². The average molecular weight is 415 g/mol. The van der Waals surface area contributed by atoms with E-state index in [4.69, 9.17) is 4.98 Å². The van der Waals surface area contributed by atoms with E-state index in [1.54, 1.807) is 11.3 Å². The molecule has 0 radical (unpaired) electrons. The highest BCUT2D eigenvalue weighted by molar-refractivity contribution is 7.22. The summed E-state index contributed by atoms with van der Waals surface area (Å²) < 4.78 is 1.12. The number of aromatic nitrogens is 1. The topological polar surface area (TPSA) is 33.2 Å². The fraction of sp³-hybridized carbons (Fsp3) is 0.231. The van der Waals surface area contributed by atoms with Crippen molar-refractivity contribution in [1.29, 1.82) is 0 Å². The maximum atomic E-state index is 13.4. The molecule has 0 unspecified atom stereocenters. The van der Waals surface area contributed by atoms with Gasteiger partial charge in [0.1, 0.15) is 0 Å². The molecule has 4 rings (SSSR count). The Morgan fingerprint density at radius 2 is 1.63 bits per heavy atom. The van der Waals surface area contributed by atoms with Gasteiger partial charge in [0.25, 0.3) is 0 Å². The number of anilines is 1. The second-order valence-electron chi connectivity index (χ2n) is 7.99. The third-order valence-corrected chi connectivity index (χ3v) is 6.49. The zero-order valence-electron chi connectivity index (χ0n) is 17.9. The third kappa shape index (κ3) is 4.29. The van der Waals surface area contributed by atoms with E-state index >= 15 is 0 Å². The standard InChI is InChI=1S/C26H26N2OS/c1-17-12-20(4)25-23(13-17)30-26(27-25)28(16-21-8-6-5-7-9-21)24(29)15-22-11-10-18(2)19(3)14-22/h5-14H,15-16H2,1-4H3. The summed E-state index contributed by atoms with van der Waals surface area (Å²) in [6.07, 6.45) is 0.363. The Morgan fingerprint density at radius 3 is 2.37 bits per heavy atom. The van der Waals surface area contributed by atoms with Crippen LogP contribution in [-0.2, 0) is 17.8 Å². The first-order valence-electron chi connectivity index (χ1n) is 10.2. The van der Waals surface area contributed by atoms with Gasteiger partial charge in [-0.05, 0) is 67.1 Å². The van der Waals surface area contributed by atoms with Crippen LogP contribution < -0.4 is 4.90 Å². The lowest BCUT2D eigenvalue weighted by Crippen LogP contribution is -2.31. The molecule has 0 aliphatic heterocycles. The van der Waals surface area contributed by atoms with Gasteiger partial charge in [0.15, 0.2) is 5.13 Å². The number of thiazole rings is 1. The van der Waals surface area contributed by atoms with Crippen LogP contribution in [0.2, 0.25) is 0 Å². The van der Waals surface area contributed by atoms with Crippen LogP contribution in [0.15, 0.2) is 60.7 Å². The first-order chi connectivity index (χ1) is 14.4. The first kappa shape index (κ1) is 20.3. The summed E-state index contributed by atoms with van der Waals surface area (Å²) in [6, 6.07) is 20.7. The van der Waals surface area contributed by atoms with Crippen LogP contribution >= 0.6 is 11.3 Å². The number of benzene rings is 3. The number of nitrogens with zero attached hydrogens (tertiary/aromatic N) is 2. The zero-order valence-corrected chi connectivity index (χ0v) is 18.7. The summed E-state index contributed by atoms with van der Waals surface area (Å²) in [5.74, 6) is 0.0653. The lowest BCUT2D eigenvalue weighted by molar-refractivity contribution is -0.118. The van der Waals surface area contributed by atoms with Crippen molar-refractivity contribution in [3.8, 4) is 0 Å². The number of hydrogen-bond donors (Lipinski definition) is 0. The van der Waals surface area contributed by atoms with Crippen LogP contribution in [0.5, 0.6) is 0 Å². The first-order valence-corrected chi connectivity index (χ1v) is 11.0. The second kappa shape index (κ2) is 8.41. The van der Waals surface area contributed by atoms with Crippen molar-refractivity contribution >= 4 is 32.6 Å². The molecule has 0 bridgehead atoms. The molecule has 152 valence electrons. The SMILES string of the molecule is Cc1cc(C)c2nc(N(Cc3ccccc3)C(=O)Cc3ccc(C)c(C)c3)sc2c1. The largest absolute Gasteiger partial charge is 0.283 e. The van der Waals surface area contributed by atoms with Gasteiger partial charge in [-0.2, -0.15) is 0 Å². The van der Waals surface area contributed by atoms with Gasteiger partial charge in [0, 0.05) is 0 Å². The maximum Gasteiger partial charge on any atom is 0.233 e. The number of amides is 1. The number of fused-ring (bicyclic) bond motifs is 1. The van der Waals surface area contributed by atoms with Crippen molar-refractivity contribution < 1.29 is 4.79 Å². The predicted octanol–water partition coefficient (Wildman–Crippen LogP) is 6.31. The average Bonchev–Trinajstić information content (AvgIpc) is 3.13. The monoisotopic (exact) mass is 414 g/mol. The minimum atomic E-state index is 0.0653. The Hall–Kier alpha value is -2.98. The molecule has 30 heavy (non-hydrogen) atoms. The van der Waals surface area contributed by atoms with Crippen molar-refractivity contribution in [2.45, 2.75) is 40.7 Å². The molecule has 4 heteroatoms. The summed E-state index contributed by atoms with van der Waals surface area (Å²) in [6.45, 7) is 8.87. The number of hydrogen-bond acceptors (Lipinski definition) is 3. The van der Waals surface area contributed by atoms with Gasteiger partial charge in [-0.25, -0.2) is 4.98 Å². The van der Waals surface area contributed by atoms with Gasteiger partial charge in [-0.1, -0.05) is 65.9 Å². The van der Waals surface area contributed by atoms with E-state index in [1.165, 1.54) is 16.7 Å². The van der Waals surface area contributed by atoms with Crippen molar-refractivity contribution in [1.82, 2.24) is 4.98 Å². The van der Waals surface area contributed by atoms with E-state index in [9.17, 15) is 4.79 Å². The molecule has 0 aliphatic rings. The number of carbonyl (C=O) groups is 1. The second-order valence-corrected chi connectivity index (χ2v) is 8.99. The molecule has 3 aromatic carbocycles. The fourth-order valence-electron chi connectivity index (χ4n) is 3.69. The van der Waals surface area contributed by atoms with Crippen LogP contribution in [0.1, 0.15) is 33.4 Å². The fourth-order valence-corrected chi connectivity index (χ4v) is 4.84. The van der Waals surface area contributed by atoms with E-state index in [0.717, 1.165) is 32.0 Å². The molecule has 0 fully saturated rings. The van der Waals surface area contributed by atoms with E-state index in [2.05, 4.69) is 64.1 Å². The van der Waals surface area contributed by atoms with Crippen LogP contribution in [0.25, 0.3) is 10.2 Å². The van der Waals surface area contributed by atoms with E-state index in [0.29, 0.717) is 13.0 Å². The van der Waals surface area contributed by atoms with Crippen LogP contribution in [0, 0.1) is 27.7 Å². The molecule has 0 aliphatic carbocycles. The molecule has 0 atom stereocenters. The maximum absolute atomic E-state index is 13.4. The molecule has 1 amide bonds. The highest BCUT2D eigenvalue weighted by Gasteiger charge is 2.21. The number of aryl methyl sites for hydroxylation is 4. The summed E-state index contributed by atoms with van der Waals surface area (Å²) in [5, 5.41) is 0.761. The minimum absolute atomic E-state index is 0.0653. The molecule has 1 aromatic heterocycles. The van der Waals surface area contributed by atoms with Gasteiger partial charge in [0.05, 0.1) is 23.2 Å². The Bertz CT molecular complexity index is 1210. The molecule has 0 spiro atoms. The minimum Gasteiger partial charge on any atom is -0.283 e. The molecular formula is C26H26N2OS. The molecule has 3 nitrogen and oxygen atoms in total. The molecule has 1 heterocycles. The lowest BCUT2D eigenvalue weighted by atomic mass is 10.0. The Morgan fingerprint density at radius 1 is 0.867 bits per heavy atom. The Labute approximate surface area is 182 Å². The number of carbonyl (C=O) groups excluding carboxylic acids is 1. The van der Waals surface area contributed by atoms with Crippen LogP contribution in [0.4, 0.5) is 5.13 Å². The van der Waals surface area contributed by atoms with E-state index < -0.39 is 0 Å². The summed E-state index contributed by atoms with van der Waals surface area (Å²) in [7, 11) is 0. The Kier molecular flexibility index (Phi) is 5.69. The summed E-state index contributed by atoms with van der Waals surface area (Å²) in [5.41, 5.74) is 7.93. The Balaban J connectivity index is 1.71. The van der Waals surface area contributed by atoms with Crippen LogP contribution in [0.3, 0.4) is 0 Å². The summed E-state index contributed by atoms with van der Waals surface area (Å²) in [4.78, 5) is 20.1. The molecule has 0 saturated heterocycles. The van der Waals surface area contributed by atoms with Gasteiger partial charge in [-0.15, -0.1) is 0 Å². The van der Waals surface area contributed by atoms with Crippen molar-refractivity contribution in [2.75, 3.05) is 4.90 Å². The third-order valence-electron chi connectivity index (χ3n) is 5.46. The van der Waals surface area contributed by atoms with E-state index in [1.807, 2.05) is 29.2 Å². The predicted molar refractivity (Wildman–Crippen MR) is 126 cm³/mol. The molecular weight excluding hydrogens is 388 g/mol. The van der Waals surface area contributed by atoms with Crippen LogP contribution in [-0.4, -0.2) is 10.9 Å². The van der Waals surface area contributed by atoms with Crippen molar-refractivity contribution in [3.05, 3.63) is 94.0 Å². The smallest absolute Gasteiger partial charge is 0.233 e. The molecule has 0 saturated carbocycles. The van der Waals surface area contributed by atoms with Crippen molar-refractivity contribution in [2.24, 2.45) is 0 Å². The van der Waals surface area contributed by atoms with Crippen molar-refractivity contribution in [3.63, 3.8) is 0 Å². The summed E-state index contributed by atoms with van der Waals surface area (Å²) >= 11 is 1.59.